The fourth-order valence-electron chi connectivity index (χ4n) is 1.55. The largest absolute Gasteiger partial charge is 0.308 e. The summed E-state index contributed by atoms with van der Waals surface area (Å²) >= 11 is 0. The van der Waals surface area contributed by atoms with E-state index in [1.807, 2.05) is 12.3 Å². The minimum atomic E-state index is 0.713. The molecule has 1 N–H and O–H groups in total. The Balaban J connectivity index is 1.71. The molecule has 0 amide bonds. The van der Waals surface area contributed by atoms with Crippen LogP contribution in [0.4, 0.5) is 0 Å². The monoisotopic (exact) mass is 215 g/mol. The van der Waals surface area contributed by atoms with Gasteiger partial charge in [-0.15, -0.1) is 0 Å². The summed E-state index contributed by atoms with van der Waals surface area (Å²) in [6.45, 7) is 0.839. The smallest absolute Gasteiger partial charge is 0.115 e. The van der Waals surface area contributed by atoms with Gasteiger partial charge in [0.05, 0.1) is 18.1 Å². The van der Waals surface area contributed by atoms with Crippen molar-refractivity contribution in [3.8, 4) is 5.69 Å². The van der Waals surface area contributed by atoms with Crippen molar-refractivity contribution in [3.63, 3.8) is 0 Å². The van der Waals surface area contributed by atoms with E-state index in [1.165, 1.54) is 19.2 Å². The lowest BCUT2D eigenvalue weighted by molar-refractivity contribution is 0.664. The van der Waals surface area contributed by atoms with Crippen LogP contribution < -0.4 is 5.32 Å². The van der Waals surface area contributed by atoms with Gasteiger partial charge in [0, 0.05) is 18.8 Å². The first-order valence-corrected chi connectivity index (χ1v) is 5.45. The van der Waals surface area contributed by atoms with Gasteiger partial charge < -0.3 is 5.32 Å². The van der Waals surface area contributed by atoms with Crippen molar-refractivity contribution in [3.05, 3.63) is 36.7 Å². The molecule has 1 aliphatic rings. The molecule has 0 aromatic carbocycles. The highest BCUT2D eigenvalue weighted by atomic mass is 15.3. The lowest BCUT2D eigenvalue weighted by Gasteiger charge is -1.99. The maximum atomic E-state index is 4.45. The molecule has 0 saturated heterocycles. The van der Waals surface area contributed by atoms with Crippen molar-refractivity contribution in [1.82, 2.24) is 25.1 Å². The van der Waals surface area contributed by atoms with E-state index < -0.39 is 0 Å². The zero-order valence-corrected chi connectivity index (χ0v) is 8.87. The molecule has 0 bridgehead atoms. The van der Waals surface area contributed by atoms with Crippen molar-refractivity contribution in [1.29, 1.82) is 0 Å². The van der Waals surface area contributed by atoms with Crippen LogP contribution in [0.3, 0.4) is 0 Å². The Hall–Kier alpha value is -1.75. The molecular weight excluding hydrogens is 202 g/mol. The number of hydrogen-bond donors (Lipinski definition) is 1. The Morgan fingerprint density at radius 2 is 2.12 bits per heavy atom. The average molecular weight is 215 g/mol. The molecule has 5 nitrogen and oxygen atoms in total. The van der Waals surface area contributed by atoms with Gasteiger partial charge in [-0.3, -0.25) is 0 Å². The lowest BCUT2D eigenvalue weighted by Crippen LogP contribution is -2.15. The zero-order valence-electron chi connectivity index (χ0n) is 8.87. The third-order valence-electron chi connectivity index (χ3n) is 2.60. The van der Waals surface area contributed by atoms with Gasteiger partial charge in [0.15, 0.2) is 0 Å². The Morgan fingerprint density at radius 3 is 2.88 bits per heavy atom. The fourth-order valence-corrected chi connectivity index (χ4v) is 1.55. The van der Waals surface area contributed by atoms with Crippen molar-refractivity contribution >= 4 is 0 Å². The van der Waals surface area contributed by atoms with Crippen LogP contribution in [0.2, 0.25) is 0 Å². The SMILES string of the molecule is c1ncc(-n2ccc(CNC3CC3)n2)cn1. The van der Waals surface area contributed by atoms with Crippen LogP contribution in [-0.2, 0) is 6.54 Å². The third kappa shape index (κ3) is 2.09. The molecule has 0 radical (unpaired) electrons. The molecule has 2 heterocycles. The molecule has 5 heteroatoms. The standard InChI is InChI=1S/C11H13N5/c1-2-9(1)14-5-10-3-4-16(15-10)11-6-12-8-13-7-11/h3-4,6-9,14H,1-2,5H2. The van der Waals surface area contributed by atoms with Gasteiger partial charge in [-0.25, -0.2) is 14.6 Å². The Bertz CT molecular complexity index is 460. The first-order valence-electron chi connectivity index (χ1n) is 5.45. The van der Waals surface area contributed by atoms with Crippen molar-refractivity contribution < 1.29 is 0 Å². The molecule has 16 heavy (non-hydrogen) atoms. The van der Waals surface area contributed by atoms with Crippen LogP contribution >= 0.6 is 0 Å². The van der Waals surface area contributed by atoms with E-state index in [0.717, 1.165) is 17.9 Å². The average Bonchev–Trinajstić information content (AvgIpc) is 3.05. The minimum Gasteiger partial charge on any atom is -0.308 e. The molecule has 1 saturated carbocycles. The molecule has 3 rings (SSSR count). The number of hydrogen-bond acceptors (Lipinski definition) is 4. The second-order valence-electron chi connectivity index (χ2n) is 4.00. The van der Waals surface area contributed by atoms with Crippen LogP contribution in [0.25, 0.3) is 5.69 Å². The van der Waals surface area contributed by atoms with Crippen molar-refractivity contribution in [2.45, 2.75) is 25.4 Å². The van der Waals surface area contributed by atoms with E-state index in [0.29, 0.717) is 6.04 Å². The van der Waals surface area contributed by atoms with Gasteiger partial charge in [0.25, 0.3) is 0 Å². The van der Waals surface area contributed by atoms with E-state index >= 15 is 0 Å². The van der Waals surface area contributed by atoms with Crippen LogP contribution in [-0.4, -0.2) is 25.8 Å². The first kappa shape index (κ1) is 9.47. The van der Waals surface area contributed by atoms with Crippen molar-refractivity contribution in [2.24, 2.45) is 0 Å². The van der Waals surface area contributed by atoms with Crippen LogP contribution in [0.1, 0.15) is 18.5 Å². The molecule has 82 valence electrons. The van der Waals surface area contributed by atoms with E-state index in [1.54, 1.807) is 17.1 Å². The van der Waals surface area contributed by atoms with Gasteiger partial charge in [0.1, 0.15) is 12.0 Å². The molecule has 2 aromatic rings. The lowest BCUT2D eigenvalue weighted by atomic mass is 10.4. The summed E-state index contributed by atoms with van der Waals surface area (Å²) in [6, 6.07) is 2.73. The predicted octanol–water partition coefficient (Wildman–Crippen LogP) is 0.914. The quantitative estimate of drug-likeness (QED) is 0.823. The van der Waals surface area contributed by atoms with E-state index in [-0.39, 0.29) is 0 Å². The number of rotatable bonds is 4. The van der Waals surface area contributed by atoms with Gasteiger partial charge in [-0.05, 0) is 18.9 Å². The zero-order chi connectivity index (χ0) is 10.8. The molecule has 0 spiro atoms. The Labute approximate surface area is 93.5 Å². The summed E-state index contributed by atoms with van der Waals surface area (Å²) in [4.78, 5) is 7.93. The predicted molar refractivity (Wildman–Crippen MR) is 59.0 cm³/mol. The summed E-state index contributed by atoms with van der Waals surface area (Å²) in [5.74, 6) is 0. The maximum Gasteiger partial charge on any atom is 0.115 e. The normalized spacial score (nSPS) is 15.2. The molecule has 0 unspecified atom stereocenters. The number of nitrogens with zero attached hydrogens (tertiary/aromatic N) is 4. The molecule has 0 aliphatic heterocycles. The minimum absolute atomic E-state index is 0.713. The van der Waals surface area contributed by atoms with E-state index in [9.17, 15) is 0 Å². The van der Waals surface area contributed by atoms with Gasteiger partial charge in [-0.2, -0.15) is 5.10 Å². The molecule has 0 atom stereocenters. The molecule has 2 aromatic heterocycles. The maximum absolute atomic E-state index is 4.45. The topological polar surface area (TPSA) is 55.6 Å². The summed E-state index contributed by atoms with van der Waals surface area (Å²) in [7, 11) is 0. The highest BCUT2D eigenvalue weighted by Gasteiger charge is 2.20. The summed E-state index contributed by atoms with van der Waals surface area (Å²) in [6.07, 6.45) is 9.54. The number of nitrogens with one attached hydrogen (secondary N) is 1. The summed E-state index contributed by atoms with van der Waals surface area (Å²) in [5.41, 5.74) is 1.94. The highest BCUT2D eigenvalue weighted by molar-refractivity contribution is 5.23. The first-order chi connectivity index (χ1) is 7.92. The Morgan fingerprint density at radius 1 is 1.31 bits per heavy atom. The molecule has 1 aliphatic carbocycles. The summed E-state index contributed by atoms with van der Waals surface area (Å²) < 4.78 is 1.80. The second-order valence-corrected chi connectivity index (χ2v) is 4.00. The van der Waals surface area contributed by atoms with Crippen LogP contribution in [0.15, 0.2) is 31.0 Å². The third-order valence-corrected chi connectivity index (χ3v) is 2.60. The second kappa shape index (κ2) is 4.02. The van der Waals surface area contributed by atoms with Crippen molar-refractivity contribution in [2.75, 3.05) is 0 Å². The van der Waals surface area contributed by atoms with Gasteiger partial charge in [0.2, 0.25) is 0 Å². The van der Waals surface area contributed by atoms with Gasteiger partial charge >= 0.3 is 0 Å². The fraction of sp³-hybridized carbons (Fsp3) is 0.364. The number of aromatic nitrogens is 4. The van der Waals surface area contributed by atoms with Crippen LogP contribution in [0.5, 0.6) is 0 Å². The molecule has 1 fully saturated rings. The summed E-state index contributed by atoms with van der Waals surface area (Å²) in [5, 5.41) is 7.88. The van der Waals surface area contributed by atoms with E-state index in [2.05, 4.69) is 20.4 Å². The molecular formula is C11H13N5. The van der Waals surface area contributed by atoms with Gasteiger partial charge in [-0.1, -0.05) is 0 Å². The van der Waals surface area contributed by atoms with Crippen LogP contribution in [0, 0.1) is 0 Å². The van der Waals surface area contributed by atoms with E-state index in [4.69, 9.17) is 0 Å². The highest BCUT2D eigenvalue weighted by Crippen LogP contribution is 2.19. The Kier molecular flexibility index (Phi) is 2.38.